The molecular formula is C21H28BrNO5S. The van der Waals surface area contributed by atoms with Gasteiger partial charge in [-0.2, -0.15) is 0 Å². The maximum atomic E-state index is 12.8. The Bertz CT molecular complexity index is 855. The van der Waals surface area contributed by atoms with Crippen LogP contribution < -0.4 is 9.46 Å². The van der Waals surface area contributed by atoms with E-state index in [2.05, 4.69) is 25.4 Å². The number of aliphatic hydroxyl groups is 1. The summed E-state index contributed by atoms with van der Waals surface area (Å²) in [6.45, 7) is 5.63. The first-order chi connectivity index (χ1) is 13.6. The average Bonchev–Trinajstić information content (AvgIpc) is 2.66. The fourth-order valence-corrected chi connectivity index (χ4v) is 4.23. The van der Waals surface area contributed by atoms with Gasteiger partial charge in [-0.15, -0.1) is 4.72 Å². The predicted octanol–water partition coefficient (Wildman–Crippen LogP) is 4.02. The van der Waals surface area contributed by atoms with Crippen LogP contribution in [-0.4, -0.2) is 40.7 Å². The van der Waals surface area contributed by atoms with Crippen molar-refractivity contribution >= 4 is 44.0 Å². The van der Waals surface area contributed by atoms with E-state index in [9.17, 15) is 14.5 Å². The SMILES string of the molecule is COC(=O)C[C@H](O)C[C@H](N[S@+]([O-])C(C)(C)C)c1ccc(Br)c2ccc(OC)cc12. The van der Waals surface area contributed by atoms with Gasteiger partial charge in [-0.1, -0.05) is 22.0 Å². The van der Waals surface area contributed by atoms with E-state index in [0.717, 1.165) is 20.8 Å². The lowest BCUT2D eigenvalue weighted by molar-refractivity contribution is -0.142. The number of ether oxygens (including phenoxy) is 2. The third-order valence-electron chi connectivity index (χ3n) is 4.52. The van der Waals surface area contributed by atoms with Gasteiger partial charge in [0, 0.05) is 15.8 Å². The monoisotopic (exact) mass is 485 g/mol. The summed E-state index contributed by atoms with van der Waals surface area (Å²) >= 11 is 2.20. The van der Waals surface area contributed by atoms with E-state index in [1.54, 1.807) is 7.11 Å². The standard InChI is InChI=1S/C21H28BrNO5S/c1-21(2,3)29(26)23-19(10-13(24)11-20(25)28-5)16-8-9-18(22)15-7-6-14(27-4)12-17(15)16/h6-9,12-13,19,23-24H,10-11H2,1-5H3/t13-,19+,29-/m1/s1. The number of hydrogen-bond donors (Lipinski definition) is 2. The Morgan fingerprint density at radius 2 is 1.93 bits per heavy atom. The first-order valence-electron chi connectivity index (χ1n) is 9.26. The van der Waals surface area contributed by atoms with Crippen molar-refractivity contribution < 1.29 is 23.9 Å². The highest BCUT2D eigenvalue weighted by Crippen LogP contribution is 2.35. The molecule has 29 heavy (non-hydrogen) atoms. The lowest BCUT2D eigenvalue weighted by Gasteiger charge is -2.29. The number of esters is 1. The van der Waals surface area contributed by atoms with E-state index >= 15 is 0 Å². The summed E-state index contributed by atoms with van der Waals surface area (Å²) in [5.74, 6) is 0.207. The molecular weight excluding hydrogens is 458 g/mol. The Morgan fingerprint density at radius 3 is 2.52 bits per heavy atom. The van der Waals surface area contributed by atoms with E-state index in [1.165, 1.54) is 7.11 Å². The second-order valence-corrected chi connectivity index (χ2v) is 10.6. The fourth-order valence-electron chi connectivity index (χ4n) is 2.92. The quantitative estimate of drug-likeness (QED) is 0.433. The first kappa shape index (κ1) is 24.0. The molecule has 0 saturated carbocycles. The van der Waals surface area contributed by atoms with Gasteiger partial charge in [0.05, 0.1) is 32.8 Å². The third kappa shape index (κ3) is 6.33. The van der Waals surface area contributed by atoms with Gasteiger partial charge in [0.25, 0.3) is 0 Å². The molecule has 0 aliphatic carbocycles. The van der Waals surface area contributed by atoms with Gasteiger partial charge in [-0.25, -0.2) is 0 Å². The molecule has 0 aliphatic rings. The summed E-state index contributed by atoms with van der Waals surface area (Å²) in [4.78, 5) is 11.6. The maximum absolute atomic E-state index is 12.8. The van der Waals surface area contributed by atoms with Crippen molar-refractivity contribution in [3.8, 4) is 5.75 Å². The molecule has 0 aromatic heterocycles. The number of methoxy groups -OCH3 is 2. The summed E-state index contributed by atoms with van der Waals surface area (Å²) < 4.78 is 26.4. The summed E-state index contributed by atoms with van der Waals surface area (Å²) in [5.41, 5.74) is 0.864. The van der Waals surface area contributed by atoms with Crippen molar-refractivity contribution in [2.75, 3.05) is 14.2 Å². The normalized spacial score (nSPS) is 15.0. The summed E-state index contributed by atoms with van der Waals surface area (Å²) in [6, 6.07) is 9.14. The van der Waals surface area contributed by atoms with Gasteiger partial charge >= 0.3 is 5.97 Å². The molecule has 6 nitrogen and oxygen atoms in total. The molecule has 3 atom stereocenters. The van der Waals surface area contributed by atoms with Gasteiger partial charge in [0.1, 0.15) is 10.5 Å². The Labute approximate surface area is 183 Å². The number of halogens is 1. The van der Waals surface area contributed by atoms with Crippen LogP contribution in [0.4, 0.5) is 0 Å². The lowest BCUT2D eigenvalue weighted by atomic mass is 9.94. The largest absolute Gasteiger partial charge is 0.598 e. The molecule has 0 heterocycles. The number of benzene rings is 2. The van der Waals surface area contributed by atoms with Gasteiger partial charge in [0.2, 0.25) is 0 Å². The molecule has 0 amide bonds. The van der Waals surface area contributed by atoms with Crippen LogP contribution in [-0.2, 0) is 20.9 Å². The summed E-state index contributed by atoms with van der Waals surface area (Å²) in [7, 11) is 2.89. The van der Waals surface area contributed by atoms with Gasteiger partial charge in [-0.3, -0.25) is 4.79 Å². The Kier molecular flexibility index (Phi) is 8.37. The van der Waals surface area contributed by atoms with Crippen LogP contribution in [0.25, 0.3) is 10.8 Å². The summed E-state index contributed by atoms with van der Waals surface area (Å²) in [6.07, 6.45) is -0.874. The topological polar surface area (TPSA) is 90.9 Å². The molecule has 2 N–H and O–H groups in total. The lowest BCUT2D eigenvalue weighted by Crippen LogP contribution is -2.42. The van der Waals surface area contributed by atoms with Crippen LogP contribution in [0, 0.1) is 0 Å². The van der Waals surface area contributed by atoms with E-state index in [1.807, 2.05) is 51.1 Å². The highest BCUT2D eigenvalue weighted by molar-refractivity contribution is 9.10. The molecule has 2 aromatic rings. The van der Waals surface area contributed by atoms with Gasteiger partial charge < -0.3 is 19.1 Å². The zero-order valence-electron chi connectivity index (χ0n) is 17.3. The highest BCUT2D eigenvalue weighted by Gasteiger charge is 2.32. The Balaban J connectivity index is 2.49. The van der Waals surface area contributed by atoms with Crippen LogP contribution >= 0.6 is 15.9 Å². The highest BCUT2D eigenvalue weighted by atomic mass is 79.9. The number of hydrogen-bond acceptors (Lipinski definition) is 6. The van der Waals surface area contributed by atoms with Crippen LogP contribution in [0.15, 0.2) is 34.8 Å². The Morgan fingerprint density at radius 1 is 1.24 bits per heavy atom. The molecule has 0 saturated heterocycles. The van der Waals surface area contributed by atoms with Gasteiger partial charge in [0.15, 0.2) is 0 Å². The molecule has 8 heteroatoms. The maximum Gasteiger partial charge on any atom is 0.308 e. The average molecular weight is 486 g/mol. The van der Waals surface area contributed by atoms with Crippen LogP contribution in [0.3, 0.4) is 0 Å². The van der Waals surface area contributed by atoms with Crippen LogP contribution in [0.5, 0.6) is 5.75 Å². The van der Waals surface area contributed by atoms with Crippen LogP contribution in [0.1, 0.15) is 45.2 Å². The Hall–Kier alpha value is -1.32. The molecule has 2 aromatic carbocycles. The smallest absolute Gasteiger partial charge is 0.308 e. The number of carbonyl (C=O) groups is 1. The fraction of sp³-hybridized carbons (Fsp3) is 0.476. The second-order valence-electron chi connectivity index (χ2n) is 7.77. The van der Waals surface area contributed by atoms with Crippen molar-refractivity contribution in [1.29, 1.82) is 0 Å². The minimum Gasteiger partial charge on any atom is -0.598 e. The molecule has 160 valence electrons. The summed E-state index contributed by atoms with van der Waals surface area (Å²) in [5, 5.41) is 12.3. The van der Waals surface area contributed by atoms with E-state index in [-0.39, 0.29) is 12.8 Å². The van der Waals surface area contributed by atoms with E-state index < -0.39 is 34.2 Å². The first-order valence-corrected chi connectivity index (χ1v) is 11.2. The van der Waals surface area contributed by atoms with Crippen LogP contribution in [0.2, 0.25) is 0 Å². The number of rotatable bonds is 8. The van der Waals surface area contributed by atoms with Gasteiger partial charge in [-0.05, 0) is 67.8 Å². The minimum absolute atomic E-state index is 0.130. The third-order valence-corrected chi connectivity index (χ3v) is 6.83. The van der Waals surface area contributed by atoms with Crippen molar-refractivity contribution in [1.82, 2.24) is 4.72 Å². The van der Waals surface area contributed by atoms with E-state index in [0.29, 0.717) is 5.75 Å². The molecule has 0 fully saturated rings. The van der Waals surface area contributed by atoms with E-state index in [4.69, 9.17) is 4.74 Å². The molecule has 0 radical (unpaired) electrons. The number of fused-ring (bicyclic) bond motifs is 1. The van der Waals surface area contributed by atoms with Crippen molar-refractivity contribution in [3.63, 3.8) is 0 Å². The van der Waals surface area contributed by atoms with Crippen molar-refractivity contribution in [2.45, 2.75) is 50.5 Å². The molecule has 0 aliphatic heterocycles. The predicted molar refractivity (Wildman–Crippen MR) is 119 cm³/mol. The van der Waals surface area contributed by atoms with Crippen molar-refractivity contribution in [2.24, 2.45) is 0 Å². The molecule has 2 rings (SSSR count). The van der Waals surface area contributed by atoms with Crippen molar-refractivity contribution in [3.05, 3.63) is 40.4 Å². The molecule has 0 unspecified atom stereocenters. The zero-order valence-corrected chi connectivity index (χ0v) is 19.7. The number of nitrogens with one attached hydrogen (secondary N) is 1. The number of aliphatic hydroxyl groups excluding tert-OH is 1. The zero-order chi connectivity index (χ0) is 21.8. The number of carbonyl (C=O) groups excluding carboxylic acids is 1. The molecule has 0 bridgehead atoms. The minimum atomic E-state index is -1.37. The molecule has 0 spiro atoms. The second kappa shape index (κ2) is 10.1.